The summed E-state index contributed by atoms with van der Waals surface area (Å²) >= 11 is 8.02. The highest BCUT2D eigenvalue weighted by molar-refractivity contribution is 7.80. The molecule has 0 heterocycles. The zero-order valence-electron chi connectivity index (χ0n) is 16.8. The molecule has 0 fully saturated rings. The molecule has 11 nitrogen and oxygen atoms in total. The van der Waals surface area contributed by atoms with Gasteiger partial charge >= 0.3 is 11.9 Å². The Balaban J connectivity index is 5.03. The lowest BCUT2D eigenvalue weighted by molar-refractivity contribution is -0.143. The summed E-state index contributed by atoms with van der Waals surface area (Å²) in [6.45, 7) is 3.67. The molecule has 5 atom stereocenters. The number of carbonyl (C=O) groups excluding carboxylic acids is 3. The quantitative estimate of drug-likeness (QED) is 0.144. The molecule has 0 aliphatic carbocycles. The summed E-state index contributed by atoms with van der Waals surface area (Å²) in [6.07, 6.45) is -0.118. The van der Waals surface area contributed by atoms with Crippen molar-refractivity contribution >= 4 is 54.9 Å². The number of thiol groups is 2. The predicted molar refractivity (Wildman–Crippen MR) is 115 cm³/mol. The van der Waals surface area contributed by atoms with Crippen LogP contribution in [0.15, 0.2) is 0 Å². The first-order valence-corrected chi connectivity index (χ1v) is 10.6. The SMILES string of the molecule is CCC(C)C(N)C(=O)NC(CS)C(=O)NC(CS)C(=O)NC(CCC(=O)O)C(=O)O. The third kappa shape index (κ3) is 9.67. The van der Waals surface area contributed by atoms with Crippen molar-refractivity contribution in [3.63, 3.8) is 0 Å². The number of nitrogens with one attached hydrogen (secondary N) is 3. The molecule has 5 unspecified atom stereocenters. The Kier molecular flexibility index (Phi) is 13.2. The maximum Gasteiger partial charge on any atom is 0.326 e. The van der Waals surface area contributed by atoms with Gasteiger partial charge in [0.2, 0.25) is 17.7 Å². The van der Waals surface area contributed by atoms with Gasteiger partial charge in [0.15, 0.2) is 0 Å². The molecule has 13 heteroatoms. The summed E-state index contributed by atoms with van der Waals surface area (Å²) in [5, 5.41) is 24.8. The molecule has 0 radical (unpaired) electrons. The number of nitrogens with two attached hydrogens (primary N) is 1. The number of hydrogen-bond donors (Lipinski definition) is 8. The molecule has 0 aromatic carbocycles. The van der Waals surface area contributed by atoms with Gasteiger partial charge in [0, 0.05) is 17.9 Å². The van der Waals surface area contributed by atoms with Gasteiger partial charge in [0.25, 0.3) is 0 Å². The van der Waals surface area contributed by atoms with Crippen molar-refractivity contribution in [2.45, 2.75) is 57.3 Å². The van der Waals surface area contributed by atoms with Gasteiger partial charge in [-0.1, -0.05) is 20.3 Å². The highest BCUT2D eigenvalue weighted by Gasteiger charge is 2.30. The third-order valence-electron chi connectivity index (χ3n) is 4.45. The van der Waals surface area contributed by atoms with Crippen molar-refractivity contribution in [3.8, 4) is 0 Å². The molecule has 0 aromatic heterocycles. The lowest BCUT2D eigenvalue weighted by Gasteiger charge is -2.24. The van der Waals surface area contributed by atoms with Gasteiger partial charge in [-0.05, 0) is 12.3 Å². The lowest BCUT2D eigenvalue weighted by atomic mass is 9.99. The summed E-state index contributed by atoms with van der Waals surface area (Å²) < 4.78 is 0. The van der Waals surface area contributed by atoms with E-state index in [1.807, 2.05) is 6.92 Å². The minimum atomic E-state index is -1.44. The van der Waals surface area contributed by atoms with Gasteiger partial charge < -0.3 is 31.9 Å². The second-order valence-corrected chi connectivity index (χ2v) is 7.46. The van der Waals surface area contributed by atoms with Crippen molar-refractivity contribution in [1.29, 1.82) is 0 Å². The first-order valence-electron chi connectivity index (χ1n) is 9.31. The number of carboxylic acids is 2. The monoisotopic (exact) mass is 466 g/mol. The van der Waals surface area contributed by atoms with Gasteiger partial charge in [-0.25, -0.2) is 4.79 Å². The van der Waals surface area contributed by atoms with Crippen LogP contribution in [0.2, 0.25) is 0 Å². The minimum absolute atomic E-state index is 0.0674. The van der Waals surface area contributed by atoms with Gasteiger partial charge in [-0.15, -0.1) is 0 Å². The van der Waals surface area contributed by atoms with Gasteiger partial charge in [0.1, 0.15) is 18.1 Å². The van der Waals surface area contributed by atoms with Gasteiger partial charge in [-0.3, -0.25) is 19.2 Å². The van der Waals surface area contributed by atoms with Crippen molar-refractivity contribution in [2.24, 2.45) is 11.7 Å². The van der Waals surface area contributed by atoms with E-state index < -0.39 is 60.2 Å². The minimum Gasteiger partial charge on any atom is -0.481 e. The van der Waals surface area contributed by atoms with Crippen molar-refractivity contribution in [3.05, 3.63) is 0 Å². The highest BCUT2D eigenvalue weighted by Crippen LogP contribution is 2.06. The normalized spacial score (nSPS) is 15.8. The summed E-state index contributed by atoms with van der Waals surface area (Å²) in [4.78, 5) is 58.8. The molecule has 0 aliphatic heterocycles. The molecule has 0 saturated heterocycles. The fourth-order valence-electron chi connectivity index (χ4n) is 2.24. The number of hydrogen-bond acceptors (Lipinski definition) is 8. The van der Waals surface area contributed by atoms with Crippen LogP contribution in [0.1, 0.15) is 33.1 Å². The zero-order valence-corrected chi connectivity index (χ0v) is 18.6. The first kappa shape index (κ1) is 28.0. The molecule has 0 bridgehead atoms. The van der Waals surface area contributed by atoms with Gasteiger partial charge in [-0.2, -0.15) is 25.3 Å². The van der Waals surface area contributed by atoms with Crippen molar-refractivity contribution in [1.82, 2.24) is 16.0 Å². The van der Waals surface area contributed by atoms with E-state index in [4.69, 9.17) is 15.9 Å². The molecule has 0 rings (SSSR count). The van der Waals surface area contributed by atoms with E-state index in [9.17, 15) is 24.0 Å². The van der Waals surface area contributed by atoms with E-state index in [1.54, 1.807) is 6.92 Å². The molecular weight excluding hydrogens is 436 g/mol. The zero-order chi connectivity index (χ0) is 23.4. The van der Waals surface area contributed by atoms with Crippen LogP contribution in [0.5, 0.6) is 0 Å². The standard InChI is InChI=1S/C17H30N4O7S2/c1-3-8(2)13(18)16(26)21-11(7-30)15(25)20-10(6-29)14(24)19-9(17(27)28)4-5-12(22)23/h8-11,13,29-30H,3-7,18H2,1-2H3,(H,19,24)(H,20,25)(H,21,26)(H,22,23)(H,27,28). The second kappa shape index (κ2) is 14.1. The fourth-order valence-corrected chi connectivity index (χ4v) is 2.75. The Morgan fingerprint density at radius 3 is 1.67 bits per heavy atom. The maximum absolute atomic E-state index is 12.5. The summed E-state index contributed by atoms with van der Waals surface area (Å²) in [5.41, 5.74) is 5.84. The largest absolute Gasteiger partial charge is 0.481 e. The van der Waals surface area contributed by atoms with E-state index in [-0.39, 0.29) is 23.8 Å². The van der Waals surface area contributed by atoms with Crippen molar-refractivity contribution in [2.75, 3.05) is 11.5 Å². The second-order valence-electron chi connectivity index (χ2n) is 6.73. The number of carboxylic acid groups (broad SMARTS) is 2. The van der Waals surface area contributed by atoms with E-state index >= 15 is 0 Å². The Morgan fingerprint density at radius 2 is 1.30 bits per heavy atom. The predicted octanol–water partition coefficient (Wildman–Crippen LogP) is -1.38. The summed E-state index contributed by atoms with van der Waals surface area (Å²) in [6, 6.07) is -4.55. The molecule has 0 aromatic rings. The first-order chi connectivity index (χ1) is 14.0. The molecule has 0 saturated carbocycles. The van der Waals surface area contributed by atoms with E-state index in [0.717, 1.165) is 0 Å². The number of amides is 3. The molecule has 172 valence electrons. The van der Waals surface area contributed by atoms with E-state index in [1.165, 1.54) is 0 Å². The average Bonchev–Trinajstić information content (AvgIpc) is 2.70. The fraction of sp³-hybridized carbons (Fsp3) is 0.706. The Bertz CT molecular complexity index is 635. The van der Waals surface area contributed by atoms with Crippen LogP contribution >= 0.6 is 25.3 Å². The number of carbonyl (C=O) groups is 5. The van der Waals surface area contributed by atoms with Crippen LogP contribution in [0.3, 0.4) is 0 Å². The number of aliphatic carboxylic acids is 2. The van der Waals surface area contributed by atoms with Gasteiger partial charge in [0.05, 0.1) is 6.04 Å². The van der Waals surface area contributed by atoms with Crippen LogP contribution in [-0.4, -0.2) is 75.5 Å². The molecular formula is C17H30N4O7S2. The van der Waals surface area contributed by atoms with Crippen LogP contribution in [-0.2, 0) is 24.0 Å². The third-order valence-corrected chi connectivity index (χ3v) is 5.18. The smallest absolute Gasteiger partial charge is 0.326 e. The molecule has 30 heavy (non-hydrogen) atoms. The Labute approximate surface area is 185 Å². The Morgan fingerprint density at radius 1 is 0.867 bits per heavy atom. The summed E-state index contributed by atoms with van der Waals surface area (Å²) in [7, 11) is 0. The lowest BCUT2D eigenvalue weighted by Crippen LogP contribution is -2.58. The van der Waals surface area contributed by atoms with E-state index in [0.29, 0.717) is 6.42 Å². The van der Waals surface area contributed by atoms with Crippen LogP contribution in [0, 0.1) is 5.92 Å². The molecule has 0 spiro atoms. The maximum atomic E-state index is 12.5. The molecule has 3 amide bonds. The molecule has 0 aliphatic rings. The Hall–Kier alpha value is -1.99. The summed E-state index contributed by atoms with van der Waals surface area (Å²) in [5.74, 6) is -5.07. The van der Waals surface area contributed by atoms with Crippen molar-refractivity contribution < 1.29 is 34.2 Å². The van der Waals surface area contributed by atoms with Crippen LogP contribution in [0.4, 0.5) is 0 Å². The van der Waals surface area contributed by atoms with Crippen LogP contribution in [0.25, 0.3) is 0 Å². The molecule has 7 N–H and O–H groups in total. The topological polar surface area (TPSA) is 188 Å². The highest BCUT2D eigenvalue weighted by atomic mass is 32.1. The number of rotatable bonds is 14. The average molecular weight is 467 g/mol. The van der Waals surface area contributed by atoms with E-state index in [2.05, 4.69) is 41.2 Å². The van der Waals surface area contributed by atoms with Crippen LogP contribution < -0.4 is 21.7 Å².